The quantitative estimate of drug-likeness (QED) is 0.667. The molecule has 0 bridgehead atoms. The SMILES string of the molecule is Cc1ccc(CCNC(=O)c2sc3ncnc(N4CCCCCC4)c3c2C)cc1. The van der Waals surface area contributed by atoms with Crippen LogP contribution < -0.4 is 10.2 Å². The Kier molecular flexibility index (Phi) is 6.09. The first-order chi connectivity index (χ1) is 14.1. The number of fused-ring (bicyclic) bond motifs is 1. The number of nitrogens with zero attached hydrogens (tertiary/aromatic N) is 3. The Hall–Kier alpha value is -2.47. The molecule has 3 heterocycles. The molecule has 5 nitrogen and oxygen atoms in total. The summed E-state index contributed by atoms with van der Waals surface area (Å²) in [6.45, 7) is 6.79. The Morgan fingerprint density at radius 2 is 1.79 bits per heavy atom. The highest BCUT2D eigenvalue weighted by Gasteiger charge is 2.22. The first-order valence-corrected chi connectivity index (χ1v) is 11.3. The number of nitrogens with one attached hydrogen (secondary N) is 1. The fourth-order valence-electron chi connectivity index (χ4n) is 3.95. The Morgan fingerprint density at radius 3 is 2.52 bits per heavy atom. The number of carbonyl (C=O) groups is 1. The highest BCUT2D eigenvalue weighted by Crippen LogP contribution is 2.35. The van der Waals surface area contributed by atoms with Crippen molar-refractivity contribution in [1.82, 2.24) is 15.3 Å². The molecule has 1 amide bonds. The lowest BCUT2D eigenvalue weighted by Gasteiger charge is -2.22. The maximum atomic E-state index is 12.9. The van der Waals surface area contributed by atoms with E-state index in [0.717, 1.165) is 46.0 Å². The van der Waals surface area contributed by atoms with Crippen LogP contribution in [0.3, 0.4) is 0 Å². The van der Waals surface area contributed by atoms with E-state index < -0.39 is 0 Å². The number of hydrogen-bond donors (Lipinski definition) is 1. The monoisotopic (exact) mass is 408 g/mol. The minimum atomic E-state index is -0.0144. The molecule has 4 rings (SSSR count). The predicted octanol–water partition coefficient (Wildman–Crippen LogP) is 4.66. The van der Waals surface area contributed by atoms with Gasteiger partial charge in [-0.2, -0.15) is 0 Å². The third-order valence-corrected chi connectivity index (χ3v) is 6.84. The fraction of sp³-hybridized carbons (Fsp3) is 0.435. The smallest absolute Gasteiger partial charge is 0.261 e. The second-order valence-electron chi connectivity index (χ2n) is 7.83. The number of aryl methyl sites for hydroxylation is 2. The third-order valence-electron chi connectivity index (χ3n) is 5.64. The number of amides is 1. The number of thiophene rings is 1. The van der Waals surface area contributed by atoms with E-state index in [0.29, 0.717) is 6.54 Å². The van der Waals surface area contributed by atoms with Crippen LogP contribution in [-0.4, -0.2) is 35.5 Å². The van der Waals surface area contributed by atoms with Gasteiger partial charge >= 0.3 is 0 Å². The number of rotatable bonds is 5. The van der Waals surface area contributed by atoms with E-state index in [1.54, 1.807) is 6.33 Å². The van der Waals surface area contributed by atoms with Gasteiger partial charge in [0.05, 0.1) is 10.3 Å². The van der Waals surface area contributed by atoms with Crippen LogP contribution in [0, 0.1) is 13.8 Å². The number of benzene rings is 1. The largest absolute Gasteiger partial charge is 0.356 e. The molecule has 3 aromatic rings. The number of carbonyl (C=O) groups excluding carboxylic acids is 1. The van der Waals surface area contributed by atoms with Crippen molar-refractivity contribution in [3.8, 4) is 0 Å². The van der Waals surface area contributed by atoms with E-state index >= 15 is 0 Å². The van der Waals surface area contributed by atoms with Crippen molar-refractivity contribution in [2.24, 2.45) is 0 Å². The van der Waals surface area contributed by atoms with Crippen LogP contribution >= 0.6 is 11.3 Å². The molecule has 1 aliphatic heterocycles. The van der Waals surface area contributed by atoms with Gasteiger partial charge in [0.15, 0.2) is 0 Å². The summed E-state index contributed by atoms with van der Waals surface area (Å²) in [5.41, 5.74) is 3.48. The van der Waals surface area contributed by atoms with Crippen molar-refractivity contribution in [2.75, 3.05) is 24.5 Å². The number of aromatic nitrogens is 2. The zero-order valence-corrected chi connectivity index (χ0v) is 18.0. The summed E-state index contributed by atoms with van der Waals surface area (Å²) in [7, 11) is 0. The van der Waals surface area contributed by atoms with Gasteiger partial charge in [-0.05, 0) is 44.2 Å². The van der Waals surface area contributed by atoms with Crippen molar-refractivity contribution >= 4 is 33.3 Å². The zero-order valence-electron chi connectivity index (χ0n) is 17.2. The molecular formula is C23H28N4OS. The van der Waals surface area contributed by atoms with Crippen molar-refractivity contribution < 1.29 is 4.79 Å². The lowest BCUT2D eigenvalue weighted by atomic mass is 10.1. The fourth-order valence-corrected chi connectivity index (χ4v) is 5.01. The summed E-state index contributed by atoms with van der Waals surface area (Å²) in [5.74, 6) is 0.976. The van der Waals surface area contributed by atoms with E-state index in [4.69, 9.17) is 0 Å². The number of hydrogen-bond acceptors (Lipinski definition) is 5. The van der Waals surface area contributed by atoms with Gasteiger partial charge in [0, 0.05) is 19.6 Å². The van der Waals surface area contributed by atoms with Gasteiger partial charge in [-0.25, -0.2) is 9.97 Å². The van der Waals surface area contributed by atoms with Gasteiger partial charge in [0.1, 0.15) is 17.0 Å². The van der Waals surface area contributed by atoms with Gasteiger partial charge in [-0.3, -0.25) is 4.79 Å². The lowest BCUT2D eigenvalue weighted by Crippen LogP contribution is -2.26. The molecule has 6 heteroatoms. The van der Waals surface area contributed by atoms with Crippen LogP contribution in [0.25, 0.3) is 10.2 Å². The standard InChI is InChI=1S/C23H28N4OS/c1-16-7-9-18(10-8-16)11-12-24-22(28)20-17(2)19-21(25-15-26-23(19)29-20)27-13-5-3-4-6-14-27/h7-10,15H,3-6,11-14H2,1-2H3,(H,24,28). The third kappa shape index (κ3) is 4.42. The Balaban J connectivity index is 1.51. The summed E-state index contributed by atoms with van der Waals surface area (Å²) in [5, 5.41) is 4.13. The van der Waals surface area contributed by atoms with E-state index in [1.165, 1.54) is 48.1 Å². The van der Waals surface area contributed by atoms with Gasteiger partial charge in [-0.1, -0.05) is 42.7 Å². The molecule has 1 aliphatic rings. The maximum Gasteiger partial charge on any atom is 0.261 e. The predicted molar refractivity (Wildman–Crippen MR) is 120 cm³/mol. The molecule has 0 spiro atoms. The van der Waals surface area contributed by atoms with Crippen LogP contribution in [0.2, 0.25) is 0 Å². The van der Waals surface area contributed by atoms with Crippen LogP contribution in [0.5, 0.6) is 0 Å². The first kappa shape index (κ1) is 19.8. The molecule has 1 aromatic carbocycles. The van der Waals surface area contributed by atoms with E-state index in [9.17, 15) is 4.79 Å². The van der Waals surface area contributed by atoms with Crippen LogP contribution in [0.4, 0.5) is 5.82 Å². The van der Waals surface area contributed by atoms with Crippen molar-refractivity contribution in [1.29, 1.82) is 0 Å². The van der Waals surface area contributed by atoms with Gasteiger partial charge in [-0.15, -0.1) is 11.3 Å². The summed E-state index contributed by atoms with van der Waals surface area (Å²) in [6.07, 6.45) is 7.42. The minimum Gasteiger partial charge on any atom is -0.356 e. The van der Waals surface area contributed by atoms with E-state index in [2.05, 4.69) is 51.4 Å². The van der Waals surface area contributed by atoms with Gasteiger partial charge in [0.25, 0.3) is 5.91 Å². The summed E-state index contributed by atoms with van der Waals surface area (Å²) < 4.78 is 0. The molecule has 29 heavy (non-hydrogen) atoms. The van der Waals surface area contributed by atoms with Crippen LogP contribution in [0.1, 0.15) is 52.0 Å². The van der Waals surface area contributed by atoms with Crippen molar-refractivity contribution in [3.63, 3.8) is 0 Å². The normalized spacial score (nSPS) is 14.8. The van der Waals surface area contributed by atoms with Gasteiger partial charge < -0.3 is 10.2 Å². The first-order valence-electron chi connectivity index (χ1n) is 10.5. The Bertz CT molecular complexity index is 988. The van der Waals surface area contributed by atoms with Crippen molar-refractivity contribution in [2.45, 2.75) is 46.0 Å². The summed E-state index contributed by atoms with van der Waals surface area (Å²) >= 11 is 1.47. The second kappa shape index (κ2) is 8.91. The molecule has 1 N–H and O–H groups in total. The van der Waals surface area contributed by atoms with Gasteiger partial charge in [0.2, 0.25) is 0 Å². The second-order valence-corrected chi connectivity index (χ2v) is 8.83. The Morgan fingerprint density at radius 1 is 1.07 bits per heavy atom. The molecule has 0 atom stereocenters. The topological polar surface area (TPSA) is 58.1 Å². The van der Waals surface area contributed by atoms with Crippen molar-refractivity contribution in [3.05, 3.63) is 52.2 Å². The molecule has 0 aliphatic carbocycles. The van der Waals surface area contributed by atoms with E-state index in [-0.39, 0.29) is 5.91 Å². The molecular weight excluding hydrogens is 380 g/mol. The molecule has 1 fully saturated rings. The molecule has 1 saturated heterocycles. The number of anilines is 1. The average molecular weight is 409 g/mol. The summed E-state index contributed by atoms with van der Waals surface area (Å²) in [4.78, 5) is 25.9. The molecule has 0 saturated carbocycles. The van der Waals surface area contributed by atoms with E-state index in [1.807, 2.05) is 6.92 Å². The zero-order chi connectivity index (χ0) is 20.2. The van der Waals surface area contributed by atoms with Crippen LogP contribution in [-0.2, 0) is 6.42 Å². The highest BCUT2D eigenvalue weighted by atomic mass is 32.1. The average Bonchev–Trinajstić information content (AvgIpc) is 2.90. The highest BCUT2D eigenvalue weighted by molar-refractivity contribution is 7.20. The molecule has 0 unspecified atom stereocenters. The molecule has 2 aromatic heterocycles. The van der Waals surface area contributed by atoms with Crippen LogP contribution in [0.15, 0.2) is 30.6 Å². The Labute approximate surface area is 176 Å². The summed E-state index contributed by atoms with van der Waals surface area (Å²) in [6, 6.07) is 8.46. The molecule has 0 radical (unpaired) electrons. The maximum absolute atomic E-state index is 12.9. The molecule has 152 valence electrons. The lowest BCUT2D eigenvalue weighted by molar-refractivity contribution is 0.0957. The minimum absolute atomic E-state index is 0.0144.